The molecule has 1 aromatic carbocycles. The fraction of sp³-hybridized carbons (Fsp3) is 0.500. The van der Waals surface area contributed by atoms with Crippen molar-refractivity contribution in [3.63, 3.8) is 0 Å². The Hall–Kier alpha value is -0.630. The summed E-state index contributed by atoms with van der Waals surface area (Å²) in [6.07, 6.45) is 4.20. The SMILES string of the molecule is c1ccc(NCC2CCCCS2)cc1. The van der Waals surface area contributed by atoms with Gasteiger partial charge in [0.25, 0.3) is 0 Å². The molecule has 0 radical (unpaired) electrons. The molecule has 0 amide bonds. The minimum Gasteiger partial charge on any atom is -0.384 e. The van der Waals surface area contributed by atoms with Crippen LogP contribution in [0.5, 0.6) is 0 Å². The average molecular weight is 207 g/mol. The van der Waals surface area contributed by atoms with Gasteiger partial charge in [0.05, 0.1) is 0 Å². The Labute approximate surface area is 90.3 Å². The third kappa shape index (κ3) is 2.95. The predicted molar refractivity (Wildman–Crippen MR) is 65.0 cm³/mol. The first-order valence-corrected chi connectivity index (χ1v) is 6.40. The van der Waals surface area contributed by atoms with Gasteiger partial charge in [-0.05, 0) is 30.7 Å². The van der Waals surface area contributed by atoms with Gasteiger partial charge in [0, 0.05) is 17.5 Å². The fourth-order valence-electron chi connectivity index (χ4n) is 1.76. The predicted octanol–water partition coefficient (Wildman–Crippen LogP) is 3.38. The summed E-state index contributed by atoms with van der Waals surface area (Å²) in [5.41, 5.74) is 1.25. The molecule has 1 fully saturated rings. The van der Waals surface area contributed by atoms with Crippen LogP contribution in [0.4, 0.5) is 5.69 Å². The second kappa shape index (κ2) is 5.30. The maximum atomic E-state index is 3.49. The topological polar surface area (TPSA) is 12.0 Å². The van der Waals surface area contributed by atoms with Crippen molar-refractivity contribution in [1.82, 2.24) is 0 Å². The maximum Gasteiger partial charge on any atom is 0.0340 e. The molecule has 1 saturated heterocycles. The average Bonchev–Trinajstić information content (AvgIpc) is 2.29. The molecule has 2 rings (SSSR count). The number of anilines is 1. The number of rotatable bonds is 3. The summed E-state index contributed by atoms with van der Waals surface area (Å²) < 4.78 is 0. The van der Waals surface area contributed by atoms with Crippen molar-refractivity contribution in [3.05, 3.63) is 30.3 Å². The van der Waals surface area contributed by atoms with E-state index in [0.717, 1.165) is 11.8 Å². The lowest BCUT2D eigenvalue weighted by molar-refractivity contribution is 0.677. The highest BCUT2D eigenvalue weighted by Gasteiger charge is 2.12. The molecule has 0 aliphatic carbocycles. The normalized spacial score (nSPS) is 21.9. The molecule has 1 N–H and O–H groups in total. The van der Waals surface area contributed by atoms with E-state index in [2.05, 4.69) is 47.4 Å². The van der Waals surface area contributed by atoms with Crippen LogP contribution in [0.2, 0.25) is 0 Å². The van der Waals surface area contributed by atoms with E-state index < -0.39 is 0 Å². The van der Waals surface area contributed by atoms with Crippen molar-refractivity contribution >= 4 is 17.4 Å². The Morgan fingerprint density at radius 1 is 1.21 bits per heavy atom. The van der Waals surface area contributed by atoms with Gasteiger partial charge >= 0.3 is 0 Å². The van der Waals surface area contributed by atoms with Crippen LogP contribution in [0.15, 0.2) is 30.3 Å². The third-order valence-corrected chi connectivity index (χ3v) is 3.98. The quantitative estimate of drug-likeness (QED) is 0.815. The summed E-state index contributed by atoms with van der Waals surface area (Å²) >= 11 is 2.12. The Kier molecular flexibility index (Phi) is 3.75. The molecule has 0 bridgehead atoms. The largest absolute Gasteiger partial charge is 0.384 e. The molecule has 0 aromatic heterocycles. The molecule has 1 nitrogen and oxygen atoms in total. The molecule has 2 heteroatoms. The molecular weight excluding hydrogens is 190 g/mol. The van der Waals surface area contributed by atoms with Gasteiger partial charge in [-0.1, -0.05) is 24.6 Å². The summed E-state index contributed by atoms with van der Waals surface area (Å²) in [5.74, 6) is 1.35. The molecule has 14 heavy (non-hydrogen) atoms. The minimum absolute atomic E-state index is 0.823. The summed E-state index contributed by atoms with van der Waals surface area (Å²) in [4.78, 5) is 0. The van der Waals surface area contributed by atoms with Crippen LogP contribution in [0.1, 0.15) is 19.3 Å². The van der Waals surface area contributed by atoms with Crippen LogP contribution in [0.3, 0.4) is 0 Å². The van der Waals surface area contributed by atoms with Crippen molar-refractivity contribution in [2.45, 2.75) is 24.5 Å². The van der Waals surface area contributed by atoms with Gasteiger partial charge in [-0.2, -0.15) is 11.8 Å². The zero-order chi connectivity index (χ0) is 9.64. The van der Waals surface area contributed by atoms with Gasteiger partial charge in [0.1, 0.15) is 0 Å². The zero-order valence-corrected chi connectivity index (χ0v) is 9.22. The summed E-state index contributed by atoms with van der Waals surface area (Å²) in [5, 5.41) is 4.32. The van der Waals surface area contributed by atoms with E-state index in [9.17, 15) is 0 Å². The number of hydrogen-bond donors (Lipinski definition) is 1. The highest BCUT2D eigenvalue weighted by Crippen LogP contribution is 2.25. The minimum atomic E-state index is 0.823. The second-order valence-electron chi connectivity index (χ2n) is 3.74. The number of para-hydroxylation sites is 1. The smallest absolute Gasteiger partial charge is 0.0340 e. The van der Waals surface area contributed by atoms with Crippen molar-refractivity contribution in [2.75, 3.05) is 17.6 Å². The van der Waals surface area contributed by atoms with Crippen molar-refractivity contribution in [2.24, 2.45) is 0 Å². The van der Waals surface area contributed by atoms with Gasteiger partial charge in [0.15, 0.2) is 0 Å². The Morgan fingerprint density at radius 2 is 2.07 bits per heavy atom. The maximum absolute atomic E-state index is 3.49. The Bertz CT molecular complexity index is 254. The Balaban J connectivity index is 1.76. The molecule has 1 aliphatic heterocycles. The van der Waals surface area contributed by atoms with Crippen LogP contribution in [-0.2, 0) is 0 Å². The lowest BCUT2D eigenvalue weighted by Gasteiger charge is -2.21. The van der Waals surface area contributed by atoms with E-state index in [1.54, 1.807) is 0 Å². The monoisotopic (exact) mass is 207 g/mol. The molecule has 1 unspecified atom stereocenters. The highest BCUT2D eigenvalue weighted by atomic mass is 32.2. The van der Waals surface area contributed by atoms with E-state index in [0.29, 0.717) is 0 Å². The van der Waals surface area contributed by atoms with Crippen molar-refractivity contribution in [3.8, 4) is 0 Å². The van der Waals surface area contributed by atoms with E-state index in [-0.39, 0.29) is 0 Å². The number of nitrogens with one attached hydrogen (secondary N) is 1. The number of benzene rings is 1. The third-order valence-electron chi connectivity index (χ3n) is 2.58. The van der Waals surface area contributed by atoms with Crippen molar-refractivity contribution in [1.29, 1.82) is 0 Å². The molecular formula is C12H17NS. The fourth-order valence-corrected chi connectivity index (χ4v) is 2.99. The van der Waals surface area contributed by atoms with Crippen LogP contribution in [-0.4, -0.2) is 17.5 Å². The van der Waals surface area contributed by atoms with Gasteiger partial charge in [-0.25, -0.2) is 0 Å². The van der Waals surface area contributed by atoms with E-state index in [1.165, 1.54) is 30.7 Å². The highest BCUT2D eigenvalue weighted by molar-refractivity contribution is 7.99. The molecule has 1 aromatic rings. The van der Waals surface area contributed by atoms with Crippen molar-refractivity contribution < 1.29 is 0 Å². The standard InChI is InChI=1S/C12H17NS/c1-2-6-11(7-3-1)13-10-12-8-4-5-9-14-12/h1-3,6-7,12-13H,4-5,8-10H2. The van der Waals surface area contributed by atoms with Crippen LogP contribution in [0, 0.1) is 0 Å². The van der Waals surface area contributed by atoms with E-state index >= 15 is 0 Å². The summed E-state index contributed by atoms with van der Waals surface area (Å²) in [7, 11) is 0. The molecule has 1 aliphatic rings. The lowest BCUT2D eigenvalue weighted by Crippen LogP contribution is -2.19. The summed E-state index contributed by atoms with van der Waals surface area (Å²) in [6, 6.07) is 10.5. The van der Waals surface area contributed by atoms with E-state index in [4.69, 9.17) is 0 Å². The van der Waals surface area contributed by atoms with Crippen LogP contribution < -0.4 is 5.32 Å². The second-order valence-corrected chi connectivity index (χ2v) is 5.14. The molecule has 1 atom stereocenters. The molecule has 1 heterocycles. The van der Waals surface area contributed by atoms with Crippen LogP contribution >= 0.6 is 11.8 Å². The molecule has 0 spiro atoms. The van der Waals surface area contributed by atoms with Gasteiger partial charge in [0.2, 0.25) is 0 Å². The first kappa shape index (κ1) is 9.91. The van der Waals surface area contributed by atoms with Gasteiger partial charge in [-0.15, -0.1) is 0 Å². The van der Waals surface area contributed by atoms with Gasteiger partial charge in [-0.3, -0.25) is 0 Å². The summed E-state index contributed by atoms with van der Waals surface area (Å²) in [6.45, 7) is 1.12. The lowest BCUT2D eigenvalue weighted by atomic mass is 10.2. The Morgan fingerprint density at radius 3 is 2.79 bits per heavy atom. The first-order chi connectivity index (χ1) is 6.95. The molecule has 0 saturated carbocycles. The van der Waals surface area contributed by atoms with E-state index in [1.807, 2.05) is 0 Å². The number of hydrogen-bond acceptors (Lipinski definition) is 2. The van der Waals surface area contributed by atoms with Gasteiger partial charge < -0.3 is 5.32 Å². The van der Waals surface area contributed by atoms with Crippen LogP contribution in [0.25, 0.3) is 0 Å². The zero-order valence-electron chi connectivity index (χ0n) is 8.41. The number of thioether (sulfide) groups is 1. The molecule has 76 valence electrons. The first-order valence-electron chi connectivity index (χ1n) is 5.36.